The largest absolute Gasteiger partial charge is 0.399 e. The first-order valence-corrected chi connectivity index (χ1v) is 8.37. The summed E-state index contributed by atoms with van der Waals surface area (Å²) >= 11 is 5.51. The molecule has 0 saturated heterocycles. The van der Waals surface area contributed by atoms with Crippen LogP contribution in [0.1, 0.15) is 0 Å². The maximum absolute atomic E-state index is 13.6. The first-order chi connectivity index (χ1) is 8.24. The van der Waals surface area contributed by atoms with E-state index < -0.39 is 31.5 Å². The fourth-order valence-electron chi connectivity index (χ4n) is 1.18. The molecule has 1 atom stereocenters. The lowest BCUT2D eigenvalue weighted by Crippen LogP contribution is -2.28. The van der Waals surface area contributed by atoms with Gasteiger partial charge in [0.25, 0.3) is 0 Å². The Morgan fingerprint density at radius 2 is 2.11 bits per heavy atom. The van der Waals surface area contributed by atoms with Crippen molar-refractivity contribution in [2.24, 2.45) is 0 Å². The highest BCUT2D eigenvalue weighted by atomic mass is 35.5. The molecule has 1 aromatic carbocycles. The van der Waals surface area contributed by atoms with Crippen LogP contribution in [0.2, 0.25) is 5.02 Å². The summed E-state index contributed by atoms with van der Waals surface area (Å²) in [6.45, 7) is -0.0582. The Balaban J connectivity index is 3.02. The molecule has 0 saturated carbocycles. The molecule has 0 aromatic heterocycles. The van der Waals surface area contributed by atoms with Gasteiger partial charge in [0, 0.05) is 35.0 Å². The number of nitrogens with one attached hydrogen (secondary N) is 1. The third-order valence-corrected chi connectivity index (χ3v) is 4.50. The molecular formula is C9H12ClFN2O3S2. The topological polar surface area (TPSA) is 89.3 Å². The molecule has 0 aliphatic rings. The number of benzene rings is 1. The lowest BCUT2D eigenvalue weighted by atomic mass is 10.3. The predicted octanol–water partition coefficient (Wildman–Crippen LogP) is 0.718. The van der Waals surface area contributed by atoms with E-state index in [1.54, 1.807) is 0 Å². The van der Waals surface area contributed by atoms with Crippen molar-refractivity contribution in [2.45, 2.75) is 4.90 Å². The Morgan fingerprint density at radius 1 is 1.50 bits per heavy atom. The van der Waals surface area contributed by atoms with Gasteiger partial charge in [0.1, 0.15) is 4.90 Å². The predicted molar refractivity (Wildman–Crippen MR) is 69.9 cm³/mol. The average molecular weight is 315 g/mol. The zero-order chi connectivity index (χ0) is 13.9. The summed E-state index contributed by atoms with van der Waals surface area (Å²) in [5.74, 6) is -0.923. The number of sulfonamides is 1. The van der Waals surface area contributed by atoms with Crippen molar-refractivity contribution in [3.05, 3.63) is 23.0 Å². The molecule has 0 spiro atoms. The second-order valence-electron chi connectivity index (χ2n) is 3.49. The first-order valence-electron chi connectivity index (χ1n) is 4.78. The minimum Gasteiger partial charge on any atom is -0.399 e. The summed E-state index contributed by atoms with van der Waals surface area (Å²) in [4.78, 5) is -0.616. The first kappa shape index (κ1) is 15.4. The van der Waals surface area contributed by atoms with Crippen LogP contribution in [0.4, 0.5) is 10.1 Å². The van der Waals surface area contributed by atoms with Crippen LogP contribution in [0.3, 0.4) is 0 Å². The van der Waals surface area contributed by atoms with Gasteiger partial charge in [0.15, 0.2) is 5.82 Å². The van der Waals surface area contributed by atoms with E-state index in [-0.39, 0.29) is 23.0 Å². The SMILES string of the molecule is CS(=O)CCNS(=O)(=O)c1cc(N)cc(Cl)c1F. The van der Waals surface area contributed by atoms with Crippen LogP contribution in [0.15, 0.2) is 17.0 Å². The van der Waals surface area contributed by atoms with Crippen LogP contribution < -0.4 is 10.5 Å². The molecule has 3 N–H and O–H groups in total. The maximum Gasteiger partial charge on any atom is 0.243 e. The molecule has 1 aromatic rings. The van der Waals surface area contributed by atoms with Crippen LogP contribution in [0.5, 0.6) is 0 Å². The van der Waals surface area contributed by atoms with E-state index >= 15 is 0 Å². The number of nitrogens with two attached hydrogens (primary N) is 1. The zero-order valence-electron chi connectivity index (χ0n) is 9.44. The summed E-state index contributed by atoms with van der Waals surface area (Å²) in [7, 11) is -5.20. The number of hydrogen-bond acceptors (Lipinski definition) is 4. The molecule has 1 unspecified atom stereocenters. The van der Waals surface area contributed by atoms with Gasteiger partial charge in [0.05, 0.1) is 5.02 Å². The summed E-state index contributed by atoms with van der Waals surface area (Å²) in [5.41, 5.74) is 5.45. The molecular weight excluding hydrogens is 303 g/mol. The fraction of sp³-hybridized carbons (Fsp3) is 0.333. The number of hydrogen-bond donors (Lipinski definition) is 2. The summed E-state index contributed by atoms with van der Waals surface area (Å²) < 4.78 is 50.1. The highest BCUT2D eigenvalue weighted by molar-refractivity contribution is 7.89. The molecule has 0 heterocycles. The standard InChI is InChI=1S/C9H12ClFN2O3S2/c1-17(14)3-2-13-18(15,16)8-5-6(12)4-7(10)9(8)11/h4-5,13H,2-3,12H2,1H3. The molecule has 0 fully saturated rings. The molecule has 0 bridgehead atoms. The Labute approximate surface area is 112 Å². The average Bonchev–Trinajstić information content (AvgIpc) is 2.22. The molecule has 0 aliphatic carbocycles. The zero-order valence-corrected chi connectivity index (χ0v) is 11.8. The van der Waals surface area contributed by atoms with Crippen molar-refractivity contribution < 1.29 is 17.0 Å². The van der Waals surface area contributed by atoms with Crippen molar-refractivity contribution in [1.29, 1.82) is 0 Å². The molecule has 0 aliphatic heterocycles. The van der Waals surface area contributed by atoms with E-state index in [9.17, 15) is 17.0 Å². The normalized spacial score (nSPS) is 13.5. The van der Waals surface area contributed by atoms with Crippen molar-refractivity contribution in [3.8, 4) is 0 Å². The molecule has 0 amide bonds. The minimum atomic E-state index is -4.06. The summed E-state index contributed by atoms with van der Waals surface area (Å²) in [5, 5.41) is -0.366. The van der Waals surface area contributed by atoms with Crippen LogP contribution in [0.25, 0.3) is 0 Å². The monoisotopic (exact) mass is 314 g/mol. The highest BCUT2D eigenvalue weighted by Crippen LogP contribution is 2.25. The number of anilines is 1. The fourth-order valence-corrected chi connectivity index (χ4v) is 3.14. The smallest absolute Gasteiger partial charge is 0.243 e. The maximum atomic E-state index is 13.6. The number of rotatable bonds is 5. The Bertz CT molecular complexity index is 577. The van der Waals surface area contributed by atoms with Crippen molar-refractivity contribution in [3.63, 3.8) is 0 Å². The highest BCUT2D eigenvalue weighted by Gasteiger charge is 2.21. The number of halogens is 2. The van der Waals surface area contributed by atoms with E-state index in [1.807, 2.05) is 0 Å². The quantitative estimate of drug-likeness (QED) is 0.784. The van der Waals surface area contributed by atoms with Crippen LogP contribution in [-0.2, 0) is 20.8 Å². The second-order valence-corrected chi connectivity index (χ2v) is 7.19. The molecule has 9 heteroatoms. The van der Waals surface area contributed by atoms with E-state index in [0.29, 0.717) is 0 Å². The van der Waals surface area contributed by atoms with Crippen molar-refractivity contribution in [1.82, 2.24) is 4.72 Å². The second kappa shape index (κ2) is 5.96. The van der Waals surface area contributed by atoms with Crippen molar-refractivity contribution >= 4 is 38.1 Å². The van der Waals surface area contributed by atoms with Gasteiger partial charge in [-0.2, -0.15) is 0 Å². The molecule has 5 nitrogen and oxygen atoms in total. The molecule has 102 valence electrons. The van der Waals surface area contributed by atoms with Crippen LogP contribution in [-0.4, -0.2) is 31.2 Å². The molecule has 1 rings (SSSR count). The number of nitrogen functional groups attached to an aromatic ring is 1. The van der Waals surface area contributed by atoms with Gasteiger partial charge in [-0.05, 0) is 12.1 Å². The summed E-state index contributed by atoms with van der Waals surface area (Å²) in [6, 6.07) is 2.10. The Kier molecular flexibility index (Phi) is 5.09. The van der Waals surface area contributed by atoms with Gasteiger partial charge in [0.2, 0.25) is 10.0 Å². The van der Waals surface area contributed by atoms with Gasteiger partial charge in [-0.25, -0.2) is 17.5 Å². The van der Waals surface area contributed by atoms with E-state index in [2.05, 4.69) is 4.72 Å². The van der Waals surface area contributed by atoms with E-state index in [1.165, 1.54) is 6.26 Å². The third kappa shape index (κ3) is 3.91. The summed E-state index contributed by atoms with van der Waals surface area (Å²) in [6.07, 6.45) is 1.44. The van der Waals surface area contributed by atoms with E-state index in [0.717, 1.165) is 12.1 Å². The van der Waals surface area contributed by atoms with Gasteiger partial charge < -0.3 is 5.73 Å². The van der Waals surface area contributed by atoms with Gasteiger partial charge in [-0.15, -0.1) is 0 Å². The molecule has 18 heavy (non-hydrogen) atoms. The Hall–Kier alpha value is -0.700. The van der Waals surface area contributed by atoms with Gasteiger partial charge in [-0.3, -0.25) is 4.21 Å². The minimum absolute atomic E-state index is 0.0424. The van der Waals surface area contributed by atoms with Crippen LogP contribution >= 0.6 is 11.6 Å². The van der Waals surface area contributed by atoms with Gasteiger partial charge in [-0.1, -0.05) is 11.6 Å². The Morgan fingerprint density at radius 3 is 2.67 bits per heavy atom. The lowest BCUT2D eigenvalue weighted by molar-refractivity contribution is 0.559. The lowest BCUT2D eigenvalue weighted by Gasteiger charge is -2.08. The van der Waals surface area contributed by atoms with Crippen molar-refractivity contribution in [2.75, 3.05) is 24.3 Å². The van der Waals surface area contributed by atoms with E-state index in [4.69, 9.17) is 17.3 Å². The van der Waals surface area contributed by atoms with Crippen LogP contribution in [0, 0.1) is 5.82 Å². The van der Waals surface area contributed by atoms with Gasteiger partial charge >= 0.3 is 0 Å². The molecule has 0 radical (unpaired) electrons. The third-order valence-electron chi connectivity index (χ3n) is 1.99.